The first-order chi connectivity index (χ1) is 9.51. The number of hydrogen-bond acceptors (Lipinski definition) is 4. The molecule has 0 aliphatic carbocycles. The second kappa shape index (κ2) is 6.24. The van der Waals surface area contributed by atoms with Crippen molar-refractivity contribution in [2.75, 3.05) is 6.61 Å². The van der Waals surface area contributed by atoms with E-state index in [9.17, 15) is 0 Å². The first kappa shape index (κ1) is 14.8. The van der Waals surface area contributed by atoms with Crippen LogP contribution in [0.2, 0.25) is 5.02 Å². The lowest BCUT2D eigenvalue weighted by Crippen LogP contribution is -2.23. The smallest absolute Gasteiger partial charge is 0.182 e. The van der Waals surface area contributed by atoms with Crippen LogP contribution in [0.25, 0.3) is 0 Å². The van der Waals surface area contributed by atoms with Crippen LogP contribution in [-0.4, -0.2) is 21.8 Å². The van der Waals surface area contributed by atoms with E-state index in [0.717, 1.165) is 0 Å². The summed E-state index contributed by atoms with van der Waals surface area (Å²) in [5.74, 6) is 1.95. The molecule has 5 nitrogen and oxygen atoms in total. The lowest BCUT2D eigenvalue weighted by Gasteiger charge is -2.20. The Morgan fingerprint density at radius 3 is 2.85 bits per heavy atom. The molecule has 108 valence electrons. The fraction of sp³-hybridized carbons (Fsp3) is 0.429. The van der Waals surface area contributed by atoms with Gasteiger partial charge < -0.3 is 9.47 Å². The fourth-order valence-corrected chi connectivity index (χ4v) is 1.94. The predicted molar refractivity (Wildman–Crippen MR) is 76.8 cm³/mol. The highest BCUT2D eigenvalue weighted by molar-refractivity contribution is 6.30. The van der Waals surface area contributed by atoms with Gasteiger partial charge in [0.15, 0.2) is 11.6 Å². The molecular weight excluding hydrogens is 278 g/mol. The average molecular weight is 296 g/mol. The van der Waals surface area contributed by atoms with Crippen molar-refractivity contribution in [3.63, 3.8) is 0 Å². The average Bonchev–Trinajstić information content (AvgIpc) is 2.86. The second-order valence-electron chi connectivity index (χ2n) is 4.80. The van der Waals surface area contributed by atoms with Crippen LogP contribution in [0, 0.1) is 0 Å². The van der Waals surface area contributed by atoms with Crippen LogP contribution in [0.3, 0.4) is 0 Å². The molecule has 0 unspecified atom stereocenters. The molecule has 0 bridgehead atoms. The monoisotopic (exact) mass is 295 g/mol. The third-order valence-corrected chi connectivity index (χ3v) is 2.98. The summed E-state index contributed by atoms with van der Waals surface area (Å²) < 4.78 is 11.2. The molecule has 1 N–H and O–H groups in total. The maximum Gasteiger partial charge on any atom is 0.182 e. The largest absolute Gasteiger partial charge is 0.486 e. The maximum absolute atomic E-state index is 5.89. The SMILES string of the molecule is CCOC(C)(C)c1n[nH]c(COc2cccc(Cl)c2)n1. The number of aromatic nitrogens is 3. The third-order valence-electron chi connectivity index (χ3n) is 2.75. The molecule has 6 heteroatoms. The van der Waals surface area contributed by atoms with E-state index in [1.807, 2.05) is 32.9 Å². The van der Waals surface area contributed by atoms with Gasteiger partial charge in [0.05, 0.1) is 0 Å². The molecule has 0 aliphatic heterocycles. The van der Waals surface area contributed by atoms with E-state index < -0.39 is 5.60 Å². The Bertz CT molecular complexity index is 569. The van der Waals surface area contributed by atoms with Gasteiger partial charge in [0, 0.05) is 11.6 Å². The molecule has 2 aromatic rings. The van der Waals surface area contributed by atoms with Crippen LogP contribution >= 0.6 is 11.6 Å². The van der Waals surface area contributed by atoms with Crippen molar-refractivity contribution < 1.29 is 9.47 Å². The molecule has 2 rings (SSSR count). The van der Waals surface area contributed by atoms with Gasteiger partial charge in [0.1, 0.15) is 18.0 Å². The summed E-state index contributed by atoms with van der Waals surface area (Å²) in [5.41, 5.74) is -0.514. The van der Waals surface area contributed by atoms with E-state index in [1.165, 1.54) is 0 Å². The maximum atomic E-state index is 5.89. The second-order valence-corrected chi connectivity index (χ2v) is 5.23. The molecule has 1 aromatic heterocycles. The summed E-state index contributed by atoms with van der Waals surface area (Å²) in [6.45, 7) is 6.71. The van der Waals surface area contributed by atoms with Crippen LogP contribution in [0.1, 0.15) is 32.4 Å². The van der Waals surface area contributed by atoms with E-state index in [0.29, 0.717) is 35.6 Å². The minimum Gasteiger partial charge on any atom is -0.486 e. The van der Waals surface area contributed by atoms with Gasteiger partial charge in [-0.3, -0.25) is 5.10 Å². The molecular formula is C14H18ClN3O2. The highest BCUT2D eigenvalue weighted by Crippen LogP contribution is 2.21. The van der Waals surface area contributed by atoms with E-state index in [4.69, 9.17) is 21.1 Å². The number of benzene rings is 1. The van der Waals surface area contributed by atoms with Gasteiger partial charge in [0.2, 0.25) is 0 Å². The zero-order valence-electron chi connectivity index (χ0n) is 11.8. The van der Waals surface area contributed by atoms with Crippen molar-refractivity contribution in [1.82, 2.24) is 15.2 Å². The van der Waals surface area contributed by atoms with Crippen molar-refractivity contribution in [2.45, 2.75) is 33.0 Å². The summed E-state index contributed by atoms with van der Waals surface area (Å²) in [5, 5.41) is 7.66. The normalized spacial score (nSPS) is 11.6. The predicted octanol–water partition coefficient (Wildman–Crippen LogP) is 3.31. The molecule has 1 heterocycles. The molecule has 0 saturated heterocycles. The van der Waals surface area contributed by atoms with Gasteiger partial charge in [0.25, 0.3) is 0 Å². The third kappa shape index (κ3) is 3.71. The van der Waals surface area contributed by atoms with Crippen molar-refractivity contribution in [1.29, 1.82) is 0 Å². The van der Waals surface area contributed by atoms with Crippen molar-refractivity contribution in [3.8, 4) is 5.75 Å². The molecule has 1 aromatic carbocycles. The summed E-state index contributed by atoms with van der Waals surface area (Å²) in [6.07, 6.45) is 0. The fourth-order valence-electron chi connectivity index (χ4n) is 1.76. The van der Waals surface area contributed by atoms with Gasteiger partial charge in [-0.25, -0.2) is 4.98 Å². The Hall–Kier alpha value is -1.59. The van der Waals surface area contributed by atoms with E-state index in [2.05, 4.69) is 15.2 Å². The Morgan fingerprint density at radius 1 is 1.35 bits per heavy atom. The quantitative estimate of drug-likeness (QED) is 0.888. The highest BCUT2D eigenvalue weighted by atomic mass is 35.5. The Balaban J connectivity index is 2.00. The minimum absolute atomic E-state index is 0.301. The van der Waals surface area contributed by atoms with Crippen LogP contribution in [0.15, 0.2) is 24.3 Å². The zero-order chi connectivity index (χ0) is 14.6. The van der Waals surface area contributed by atoms with Gasteiger partial charge in [-0.1, -0.05) is 17.7 Å². The van der Waals surface area contributed by atoms with E-state index >= 15 is 0 Å². The number of nitrogens with zero attached hydrogens (tertiary/aromatic N) is 2. The van der Waals surface area contributed by atoms with Crippen molar-refractivity contribution in [3.05, 3.63) is 40.9 Å². The van der Waals surface area contributed by atoms with Gasteiger partial charge >= 0.3 is 0 Å². The minimum atomic E-state index is -0.514. The Labute approximate surface area is 123 Å². The Morgan fingerprint density at radius 2 is 2.15 bits per heavy atom. The van der Waals surface area contributed by atoms with Crippen LogP contribution in [-0.2, 0) is 16.9 Å². The standard InChI is InChI=1S/C14H18ClN3O2/c1-4-20-14(2,3)13-16-12(17-18-13)9-19-11-7-5-6-10(15)8-11/h5-8H,4,9H2,1-3H3,(H,16,17,18). The number of H-pyrrole nitrogens is 1. The Kier molecular flexibility index (Phi) is 4.62. The summed E-state index contributed by atoms with van der Waals surface area (Å²) in [7, 11) is 0. The number of halogens is 1. The number of nitrogens with one attached hydrogen (secondary N) is 1. The number of rotatable bonds is 6. The van der Waals surface area contributed by atoms with E-state index in [-0.39, 0.29) is 0 Å². The lowest BCUT2D eigenvalue weighted by atomic mass is 10.1. The number of ether oxygens (including phenoxy) is 2. The number of aromatic amines is 1. The van der Waals surface area contributed by atoms with E-state index in [1.54, 1.807) is 12.1 Å². The lowest BCUT2D eigenvalue weighted by molar-refractivity contribution is -0.0206. The van der Waals surface area contributed by atoms with Gasteiger partial charge in [-0.15, -0.1) is 0 Å². The molecule has 0 aliphatic rings. The van der Waals surface area contributed by atoms with Gasteiger partial charge in [-0.05, 0) is 39.0 Å². The molecule has 0 saturated carbocycles. The zero-order valence-corrected chi connectivity index (χ0v) is 12.6. The first-order valence-electron chi connectivity index (χ1n) is 6.45. The molecule has 0 fully saturated rings. The summed E-state index contributed by atoms with van der Waals surface area (Å²) >= 11 is 5.89. The van der Waals surface area contributed by atoms with Crippen LogP contribution in [0.4, 0.5) is 0 Å². The highest BCUT2D eigenvalue weighted by Gasteiger charge is 2.25. The summed E-state index contributed by atoms with van der Waals surface area (Å²) in [6, 6.07) is 7.23. The number of hydrogen-bond donors (Lipinski definition) is 1. The molecule has 0 amide bonds. The molecule has 20 heavy (non-hydrogen) atoms. The topological polar surface area (TPSA) is 60.0 Å². The van der Waals surface area contributed by atoms with Crippen molar-refractivity contribution >= 4 is 11.6 Å². The molecule has 0 radical (unpaired) electrons. The van der Waals surface area contributed by atoms with Crippen molar-refractivity contribution in [2.24, 2.45) is 0 Å². The first-order valence-corrected chi connectivity index (χ1v) is 6.83. The molecule has 0 spiro atoms. The molecule has 0 atom stereocenters. The summed E-state index contributed by atoms with van der Waals surface area (Å²) in [4.78, 5) is 4.39. The van der Waals surface area contributed by atoms with Gasteiger partial charge in [-0.2, -0.15) is 5.10 Å². The van der Waals surface area contributed by atoms with Crippen LogP contribution in [0.5, 0.6) is 5.75 Å². The van der Waals surface area contributed by atoms with Crippen LogP contribution < -0.4 is 4.74 Å².